The standard InChI is InChI=1S/C16H21ClN6O2/c1-10(2)20-15(24)13-6-12(4-5-14(13)17)22-16(25)21-11(3)7-23-9-18-8-19-23/h4-6,8-11H,7H2,1-3H3,(H,20,24)(H2,21,22,25)/t11-/m0/s1. The minimum Gasteiger partial charge on any atom is -0.350 e. The number of aromatic nitrogens is 3. The van der Waals surface area contributed by atoms with Crippen molar-refractivity contribution >= 4 is 29.2 Å². The Hall–Kier alpha value is -2.61. The number of nitrogens with one attached hydrogen (secondary N) is 3. The van der Waals surface area contributed by atoms with Crippen LogP contribution < -0.4 is 16.0 Å². The maximum atomic E-state index is 12.1. The molecule has 1 aromatic carbocycles. The SMILES string of the molecule is CC(C)NC(=O)c1cc(NC(=O)N[C@@H](C)Cn2cncn2)ccc1Cl. The van der Waals surface area contributed by atoms with Crippen LogP contribution in [-0.2, 0) is 6.54 Å². The molecule has 0 bridgehead atoms. The van der Waals surface area contributed by atoms with Gasteiger partial charge in [0.1, 0.15) is 12.7 Å². The Morgan fingerprint density at radius 2 is 2.00 bits per heavy atom. The zero-order valence-corrected chi connectivity index (χ0v) is 15.0. The third-order valence-electron chi connectivity index (χ3n) is 3.19. The molecule has 25 heavy (non-hydrogen) atoms. The van der Waals surface area contributed by atoms with Crippen molar-refractivity contribution in [1.82, 2.24) is 25.4 Å². The molecule has 0 saturated heterocycles. The van der Waals surface area contributed by atoms with Gasteiger partial charge in [0, 0.05) is 17.8 Å². The van der Waals surface area contributed by atoms with Crippen LogP contribution in [0.5, 0.6) is 0 Å². The average Bonchev–Trinajstić information content (AvgIpc) is 3.00. The first-order valence-electron chi connectivity index (χ1n) is 7.85. The van der Waals surface area contributed by atoms with Crippen LogP contribution in [0.15, 0.2) is 30.9 Å². The molecule has 2 rings (SSSR count). The second-order valence-electron chi connectivity index (χ2n) is 5.94. The van der Waals surface area contributed by atoms with E-state index in [9.17, 15) is 9.59 Å². The average molecular weight is 365 g/mol. The maximum Gasteiger partial charge on any atom is 0.319 e. The zero-order valence-electron chi connectivity index (χ0n) is 14.3. The molecule has 0 spiro atoms. The van der Waals surface area contributed by atoms with E-state index >= 15 is 0 Å². The van der Waals surface area contributed by atoms with E-state index in [0.29, 0.717) is 22.8 Å². The van der Waals surface area contributed by atoms with Gasteiger partial charge < -0.3 is 16.0 Å². The number of carbonyl (C=O) groups is 2. The van der Waals surface area contributed by atoms with E-state index in [1.165, 1.54) is 6.33 Å². The van der Waals surface area contributed by atoms with Crippen molar-refractivity contribution in [2.24, 2.45) is 0 Å². The predicted octanol–water partition coefficient (Wildman–Crippen LogP) is 2.28. The maximum absolute atomic E-state index is 12.1. The van der Waals surface area contributed by atoms with E-state index < -0.39 is 0 Å². The summed E-state index contributed by atoms with van der Waals surface area (Å²) in [4.78, 5) is 28.1. The molecule has 2 aromatic rings. The molecule has 1 atom stereocenters. The Balaban J connectivity index is 1.97. The van der Waals surface area contributed by atoms with E-state index in [0.717, 1.165) is 0 Å². The lowest BCUT2D eigenvalue weighted by Gasteiger charge is -2.15. The summed E-state index contributed by atoms with van der Waals surface area (Å²) < 4.78 is 1.63. The van der Waals surface area contributed by atoms with Crippen LogP contribution >= 0.6 is 11.6 Å². The molecule has 3 amide bonds. The van der Waals surface area contributed by atoms with Gasteiger partial charge in [0.15, 0.2) is 0 Å². The number of nitrogens with zero attached hydrogens (tertiary/aromatic N) is 3. The minimum absolute atomic E-state index is 0.0129. The smallest absolute Gasteiger partial charge is 0.319 e. The molecule has 0 aliphatic carbocycles. The molecule has 3 N–H and O–H groups in total. The summed E-state index contributed by atoms with van der Waals surface area (Å²) in [6.45, 7) is 6.07. The third kappa shape index (κ3) is 5.75. The van der Waals surface area contributed by atoms with Gasteiger partial charge in [-0.1, -0.05) is 11.6 Å². The lowest BCUT2D eigenvalue weighted by Crippen LogP contribution is -2.38. The zero-order chi connectivity index (χ0) is 18.4. The van der Waals surface area contributed by atoms with E-state index in [4.69, 9.17) is 11.6 Å². The highest BCUT2D eigenvalue weighted by atomic mass is 35.5. The highest BCUT2D eigenvalue weighted by Gasteiger charge is 2.14. The van der Waals surface area contributed by atoms with Crippen LogP contribution in [-0.4, -0.2) is 38.8 Å². The first kappa shape index (κ1) is 18.7. The molecular weight excluding hydrogens is 344 g/mol. The van der Waals surface area contributed by atoms with Gasteiger partial charge in [-0.25, -0.2) is 9.78 Å². The van der Waals surface area contributed by atoms with E-state index in [1.807, 2.05) is 20.8 Å². The molecule has 0 saturated carbocycles. The molecule has 0 fully saturated rings. The fourth-order valence-electron chi connectivity index (χ4n) is 2.16. The van der Waals surface area contributed by atoms with Gasteiger partial charge in [-0.3, -0.25) is 9.48 Å². The van der Waals surface area contributed by atoms with Gasteiger partial charge in [-0.15, -0.1) is 0 Å². The fraction of sp³-hybridized carbons (Fsp3) is 0.375. The van der Waals surface area contributed by atoms with E-state index in [1.54, 1.807) is 29.2 Å². The number of urea groups is 1. The van der Waals surface area contributed by atoms with Crippen molar-refractivity contribution in [1.29, 1.82) is 0 Å². The van der Waals surface area contributed by atoms with Crippen LogP contribution in [0, 0.1) is 0 Å². The first-order valence-corrected chi connectivity index (χ1v) is 8.23. The van der Waals surface area contributed by atoms with Crippen molar-refractivity contribution in [3.63, 3.8) is 0 Å². The minimum atomic E-state index is -0.384. The Morgan fingerprint density at radius 1 is 1.24 bits per heavy atom. The molecular formula is C16H21ClN6O2. The van der Waals surface area contributed by atoms with E-state index in [2.05, 4.69) is 26.0 Å². The second-order valence-corrected chi connectivity index (χ2v) is 6.35. The molecule has 134 valence electrons. The van der Waals surface area contributed by atoms with Gasteiger partial charge in [-0.2, -0.15) is 5.10 Å². The van der Waals surface area contributed by atoms with Gasteiger partial charge in [-0.05, 0) is 39.0 Å². The number of rotatable bonds is 6. The fourth-order valence-corrected chi connectivity index (χ4v) is 2.36. The summed E-state index contributed by atoms with van der Waals surface area (Å²) in [5.41, 5.74) is 0.785. The summed E-state index contributed by atoms with van der Waals surface area (Å²) in [7, 11) is 0. The molecule has 0 aliphatic heterocycles. The number of anilines is 1. The van der Waals surface area contributed by atoms with Crippen molar-refractivity contribution in [2.45, 2.75) is 39.4 Å². The number of hydrogen-bond donors (Lipinski definition) is 3. The number of benzene rings is 1. The summed E-state index contributed by atoms with van der Waals surface area (Å²) in [5, 5.41) is 12.6. The molecule has 1 aromatic heterocycles. The monoisotopic (exact) mass is 364 g/mol. The van der Waals surface area contributed by atoms with Crippen LogP contribution in [0.4, 0.5) is 10.5 Å². The third-order valence-corrected chi connectivity index (χ3v) is 3.52. The number of carbonyl (C=O) groups excluding carboxylic acids is 2. The van der Waals surface area contributed by atoms with Gasteiger partial charge in [0.05, 0.1) is 17.1 Å². The topological polar surface area (TPSA) is 101 Å². The van der Waals surface area contributed by atoms with Crippen LogP contribution in [0.25, 0.3) is 0 Å². The predicted molar refractivity (Wildman–Crippen MR) is 95.7 cm³/mol. The van der Waals surface area contributed by atoms with Gasteiger partial charge in [0.2, 0.25) is 0 Å². The summed E-state index contributed by atoms with van der Waals surface area (Å²) in [6.07, 6.45) is 3.01. The van der Waals surface area contributed by atoms with Crippen LogP contribution in [0.1, 0.15) is 31.1 Å². The Morgan fingerprint density at radius 3 is 2.64 bits per heavy atom. The van der Waals surface area contributed by atoms with Crippen molar-refractivity contribution in [3.05, 3.63) is 41.4 Å². The molecule has 1 heterocycles. The van der Waals surface area contributed by atoms with Crippen molar-refractivity contribution < 1.29 is 9.59 Å². The summed E-state index contributed by atoms with van der Waals surface area (Å²) in [6, 6.07) is 4.20. The highest BCUT2D eigenvalue weighted by molar-refractivity contribution is 6.34. The van der Waals surface area contributed by atoms with Crippen LogP contribution in [0.3, 0.4) is 0 Å². The number of halogens is 1. The van der Waals surface area contributed by atoms with Gasteiger partial charge in [0.25, 0.3) is 5.91 Å². The van der Waals surface area contributed by atoms with Crippen molar-refractivity contribution in [3.8, 4) is 0 Å². The van der Waals surface area contributed by atoms with Gasteiger partial charge >= 0.3 is 6.03 Å². The molecule has 0 radical (unpaired) electrons. The van der Waals surface area contributed by atoms with Crippen LogP contribution in [0.2, 0.25) is 5.02 Å². The lowest BCUT2D eigenvalue weighted by molar-refractivity contribution is 0.0943. The molecule has 0 aliphatic rings. The Kier molecular flexibility index (Phi) is 6.35. The van der Waals surface area contributed by atoms with E-state index in [-0.39, 0.29) is 24.0 Å². The molecule has 0 unspecified atom stereocenters. The second kappa shape index (κ2) is 8.48. The number of amides is 3. The number of hydrogen-bond acceptors (Lipinski definition) is 4. The summed E-state index contributed by atoms with van der Waals surface area (Å²) in [5.74, 6) is -0.288. The molecule has 9 heteroatoms. The largest absolute Gasteiger partial charge is 0.350 e. The normalized spacial score (nSPS) is 11.9. The highest BCUT2D eigenvalue weighted by Crippen LogP contribution is 2.20. The first-order chi connectivity index (χ1) is 11.8. The Bertz CT molecular complexity index is 732. The summed E-state index contributed by atoms with van der Waals surface area (Å²) >= 11 is 6.07. The quantitative estimate of drug-likeness (QED) is 0.731. The Labute approximate surface area is 151 Å². The lowest BCUT2D eigenvalue weighted by atomic mass is 10.1. The van der Waals surface area contributed by atoms with Crippen molar-refractivity contribution in [2.75, 3.05) is 5.32 Å². The molecule has 8 nitrogen and oxygen atoms in total.